The van der Waals surface area contributed by atoms with Gasteiger partial charge in [0.25, 0.3) is 0 Å². The summed E-state index contributed by atoms with van der Waals surface area (Å²) < 4.78 is 18.2. The Bertz CT molecular complexity index is 202. The molecule has 0 amide bonds. The molecule has 0 spiro atoms. The number of alkyl halides is 1. The van der Waals surface area contributed by atoms with Crippen LogP contribution in [0, 0.1) is 0 Å². The molecule has 3 nitrogen and oxygen atoms in total. The molecule has 1 aliphatic rings. The van der Waals surface area contributed by atoms with Crippen LogP contribution in [0.5, 0.6) is 0 Å². The fourth-order valence-corrected chi connectivity index (χ4v) is 3.81. The molecular formula is C6H12Cl2NO2P. The maximum absolute atomic E-state index is 11.6. The normalized spacial score (nSPS) is 38.4. The number of rotatable bonds is 2. The summed E-state index contributed by atoms with van der Waals surface area (Å²) in [5.74, 6) is 0.421. The second-order valence-electron chi connectivity index (χ2n) is 2.77. The lowest BCUT2D eigenvalue weighted by Crippen LogP contribution is -2.35. The van der Waals surface area contributed by atoms with Crippen LogP contribution in [0.2, 0.25) is 0 Å². The minimum Gasteiger partial charge on any atom is -0.306 e. The molecule has 12 heavy (non-hydrogen) atoms. The lowest BCUT2D eigenvalue weighted by atomic mass is 10.2. The van der Waals surface area contributed by atoms with Gasteiger partial charge in [0.2, 0.25) is 0 Å². The lowest BCUT2D eigenvalue weighted by molar-refractivity contribution is 0.180. The zero-order chi connectivity index (χ0) is 9.19. The molecule has 0 radical (unpaired) electrons. The molecule has 1 aliphatic heterocycles. The molecule has 2 unspecified atom stereocenters. The highest BCUT2D eigenvalue weighted by atomic mass is 35.7. The molecule has 0 aliphatic carbocycles. The summed E-state index contributed by atoms with van der Waals surface area (Å²) in [5, 5.41) is 0. The molecule has 1 rings (SSSR count). The van der Waals surface area contributed by atoms with Crippen LogP contribution in [-0.4, -0.2) is 29.7 Å². The van der Waals surface area contributed by atoms with Crippen LogP contribution in [0.1, 0.15) is 13.3 Å². The Kier molecular flexibility index (Phi) is 3.87. The van der Waals surface area contributed by atoms with Crippen molar-refractivity contribution in [3.05, 3.63) is 0 Å². The second kappa shape index (κ2) is 4.30. The maximum atomic E-state index is 11.6. The smallest absolute Gasteiger partial charge is 0.306 e. The first kappa shape index (κ1) is 10.8. The van der Waals surface area contributed by atoms with Gasteiger partial charge < -0.3 is 4.52 Å². The standard InChI is InChI=1S/C6H12Cl2NO2P/c1-6-2-5-11-12(8,10)9(6)4-3-7/h6H,2-5H2,1H3. The van der Waals surface area contributed by atoms with Crippen molar-refractivity contribution < 1.29 is 9.09 Å². The number of nitrogens with zero attached hydrogens (tertiary/aromatic N) is 1. The quantitative estimate of drug-likeness (QED) is 0.541. The van der Waals surface area contributed by atoms with E-state index < -0.39 is 6.87 Å². The monoisotopic (exact) mass is 231 g/mol. The van der Waals surface area contributed by atoms with Crippen LogP contribution >= 0.6 is 29.7 Å². The van der Waals surface area contributed by atoms with Crippen molar-refractivity contribution in [1.29, 1.82) is 0 Å². The van der Waals surface area contributed by atoms with Gasteiger partial charge in [0, 0.05) is 18.5 Å². The maximum Gasteiger partial charge on any atom is 0.363 e. The fourth-order valence-electron chi connectivity index (χ4n) is 1.22. The van der Waals surface area contributed by atoms with Gasteiger partial charge in [-0.2, -0.15) is 0 Å². The molecule has 1 fully saturated rings. The predicted octanol–water partition coefficient (Wildman–Crippen LogP) is 2.68. The summed E-state index contributed by atoms with van der Waals surface area (Å²) in [4.78, 5) is 0. The molecule has 6 heteroatoms. The van der Waals surface area contributed by atoms with E-state index in [1.54, 1.807) is 4.67 Å². The molecule has 1 heterocycles. The first-order valence-electron chi connectivity index (χ1n) is 3.85. The van der Waals surface area contributed by atoms with Crippen molar-refractivity contribution in [2.24, 2.45) is 0 Å². The number of hydrogen-bond donors (Lipinski definition) is 0. The summed E-state index contributed by atoms with van der Waals surface area (Å²) in [6.45, 7) is -0.0817. The van der Waals surface area contributed by atoms with Gasteiger partial charge in [-0.1, -0.05) is 0 Å². The van der Waals surface area contributed by atoms with E-state index in [-0.39, 0.29) is 6.04 Å². The van der Waals surface area contributed by atoms with Gasteiger partial charge >= 0.3 is 6.87 Å². The Morgan fingerprint density at radius 1 is 1.75 bits per heavy atom. The van der Waals surface area contributed by atoms with E-state index in [1.807, 2.05) is 6.92 Å². The Morgan fingerprint density at radius 3 is 2.92 bits per heavy atom. The molecule has 1 saturated heterocycles. The van der Waals surface area contributed by atoms with Gasteiger partial charge in [-0.05, 0) is 24.6 Å². The van der Waals surface area contributed by atoms with Crippen molar-refractivity contribution in [2.75, 3.05) is 19.0 Å². The Balaban J connectivity index is 2.67. The zero-order valence-corrected chi connectivity index (χ0v) is 9.28. The lowest BCUT2D eigenvalue weighted by Gasteiger charge is -2.35. The minimum absolute atomic E-state index is 0.195. The predicted molar refractivity (Wildman–Crippen MR) is 50.9 cm³/mol. The van der Waals surface area contributed by atoms with Crippen molar-refractivity contribution >= 4 is 29.7 Å². The van der Waals surface area contributed by atoms with Gasteiger partial charge in [-0.3, -0.25) is 4.57 Å². The second-order valence-corrected chi connectivity index (χ2v) is 6.11. The summed E-state index contributed by atoms with van der Waals surface area (Å²) in [6, 6.07) is 0.195. The summed E-state index contributed by atoms with van der Waals surface area (Å²) in [6.07, 6.45) is 0.855. The molecule has 0 bridgehead atoms. The zero-order valence-electron chi connectivity index (χ0n) is 6.87. The highest BCUT2D eigenvalue weighted by molar-refractivity contribution is 7.83. The number of halogens is 2. The van der Waals surface area contributed by atoms with Crippen LogP contribution < -0.4 is 0 Å². The highest BCUT2D eigenvalue weighted by Crippen LogP contribution is 2.59. The first-order chi connectivity index (χ1) is 5.58. The van der Waals surface area contributed by atoms with Crippen molar-refractivity contribution in [3.8, 4) is 0 Å². The van der Waals surface area contributed by atoms with Gasteiger partial charge in [-0.25, -0.2) is 4.67 Å². The third-order valence-electron chi connectivity index (χ3n) is 1.92. The van der Waals surface area contributed by atoms with Crippen molar-refractivity contribution in [3.63, 3.8) is 0 Å². The van der Waals surface area contributed by atoms with Gasteiger partial charge in [-0.15, -0.1) is 11.6 Å². The molecule has 2 atom stereocenters. The number of hydrogen-bond acceptors (Lipinski definition) is 2. The highest BCUT2D eigenvalue weighted by Gasteiger charge is 2.36. The van der Waals surface area contributed by atoms with Gasteiger partial charge in [0.1, 0.15) is 0 Å². The van der Waals surface area contributed by atoms with Crippen LogP contribution in [0.4, 0.5) is 0 Å². The van der Waals surface area contributed by atoms with E-state index in [4.69, 9.17) is 27.4 Å². The van der Waals surface area contributed by atoms with E-state index in [9.17, 15) is 4.57 Å². The molecule has 0 aromatic carbocycles. The van der Waals surface area contributed by atoms with E-state index in [1.165, 1.54) is 0 Å². The topological polar surface area (TPSA) is 29.5 Å². The van der Waals surface area contributed by atoms with Crippen LogP contribution in [0.3, 0.4) is 0 Å². The van der Waals surface area contributed by atoms with E-state index >= 15 is 0 Å². The van der Waals surface area contributed by atoms with Gasteiger partial charge in [0.05, 0.1) is 6.61 Å². The minimum atomic E-state index is -3.05. The fraction of sp³-hybridized carbons (Fsp3) is 1.00. The molecule has 72 valence electrons. The van der Waals surface area contributed by atoms with Crippen molar-refractivity contribution in [2.45, 2.75) is 19.4 Å². The van der Waals surface area contributed by atoms with Crippen LogP contribution in [0.25, 0.3) is 0 Å². The SMILES string of the molecule is CC1CCOP(=O)(Cl)N1CCCl. The largest absolute Gasteiger partial charge is 0.363 e. The van der Waals surface area contributed by atoms with Crippen LogP contribution in [-0.2, 0) is 9.09 Å². The molecular weight excluding hydrogens is 220 g/mol. The van der Waals surface area contributed by atoms with Crippen molar-refractivity contribution in [1.82, 2.24) is 4.67 Å². The van der Waals surface area contributed by atoms with E-state index in [2.05, 4.69) is 0 Å². The third-order valence-corrected chi connectivity index (χ3v) is 4.67. The molecule has 0 aromatic heterocycles. The Morgan fingerprint density at radius 2 is 2.42 bits per heavy atom. The summed E-state index contributed by atoms with van der Waals surface area (Å²) in [7, 11) is 0. The molecule has 0 aromatic rings. The average molecular weight is 232 g/mol. The average Bonchev–Trinajstić information content (AvgIpc) is 1.97. The summed E-state index contributed by atoms with van der Waals surface area (Å²) in [5.41, 5.74) is 0. The van der Waals surface area contributed by atoms with Crippen LogP contribution in [0.15, 0.2) is 0 Å². The van der Waals surface area contributed by atoms with E-state index in [0.29, 0.717) is 19.0 Å². The first-order valence-corrected chi connectivity index (χ1v) is 6.87. The molecule has 0 saturated carbocycles. The van der Waals surface area contributed by atoms with E-state index in [0.717, 1.165) is 6.42 Å². The third kappa shape index (κ3) is 2.36. The Labute approximate surface area is 82.3 Å². The Hall–Kier alpha value is 0.730. The molecule has 0 N–H and O–H groups in total. The van der Waals surface area contributed by atoms with Gasteiger partial charge in [0.15, 0.2) is 0 Å². The summed E-state index contributed by atoms with van der Waals surface area (Å²) >= 11 is 11.3.